The first kappa shape index (κ1) is 21.5. The minimum atomic E-state index is -0.0912. The molecular weight excluding hydrogens is 386 g/mol. The van der Waals surface area contributed by atoms with Crippen molar-refractivity contribution in [1.82, 2.24) is 15.5 Å². The van der Waals surface area contributed by atoms with Crippen LogP contribution in [0.15, 0.2) is 35.7 Å². The number of nitrogens with zero attached hydrogens (tertiary/aromatic N) is 1. The SMILES string of the molecule is COc1ccc(CCNC(=O)NCC2CCN(Cc3cccs3)CC2)cc1OC. The maximum Gasteiger partial charge on any atom is 0.314 e. The first-order valence-electron chi connectivity index (χ1n) is 10.1. The van der Waals surface area contributed by atoms with Crippen molar-refractivity contribution in [3.63, 3.8) is 0 Å². The maximum atomic E-state index is 12.1. The number of benzene rings is 1. The molecule has 0 aliphatic carbocycles. The normalized spacial score (nSPS) is 15.1. The lowest BCUT2D eigenvalue weighted by atomic mass is 9.97. The summed E-state index contributed by atoms with van der Waals surface area (Å²) in [5.74, 6) is 1.98. The molecule has 3 rings (SSSR count). The summed E-state index contributed by atoms with van der Waals surface area (Å²) in [4.78, 5) is 16.0. The molecule has 2 aromatic rings. The molecule has 1 aliphatic heterocycles. The number of hydrogen-bond acceptors (Lipinski definition) is 5. The molecule has 2 N–H and O–H groups in total. The quantitative estimate of drug-likeness (QED) is 0.655. The molecule has 0 radical (unpaired) electrons. The number of hydrogen-bond donors (Lipinski definition) is 2. The van der Waals surface area contributed by atoms with Gasteiger partial charge in [-0.15, -0.1) is 11.3 Å². The van der Waals surface area contributed by atoms with E-state index in [9.17, 15) is 4.79 Å². The van der Waals surface area contributed by atoms with Gasteiger partial charge in [0.1, 0.15) is 0 Å². The van der Waals surface area contributed by atoms with Crippen LogP contribution < -0.4 is 20.1 Å². The van der Waals surface area contributed by atoms with Gasteiger partial charge >= 0.3 is 6.03 Å². The molecule has 1 aromatic carbocycles. The Kier molecular flexibility index (Phi) is 8.19. The second-order valence-corrected chi connectivity index (χ2v) is 8.41. The number of carbonyl (C=O) groups is 1. The molecule has 29 heavy (non-hydrogen) atoms. The van der Waals surface area contributed by atoms with Crippen LogP contribution in [0.1, 0.15) is 23.3 Å². The molecular formula is C22H31N3O3S. The molecule has 1 aliphatic rings. The molecule has 0 spiro atoms. The molecule has 1 fully saturated rings. The van der Waals surface area contributed by atoms with Crippen molar-refractivity contribution in [3.05, 3.63) is 46.2 Å². The number of likely N-dealkylation sites (tertiary alicyclic amines) is 1. The Hall–Kier alpha value is -2.25. The molecule has 7 heteroatoms. The third-order valence-corrected chi connectivity index (χ3v) is 6.23. The van der Waals surface area contributed by atoms with Gasteiger partial charge in [-0.1, -0.05) is 12.1 Å². The van der Waals surface area contributed by atoms with Gasteiger partial charge in [-0.05, 0) is 67.4 Å². The largest absolute Gasteiger partial charge is 0.493 e. The number of ether oxygens (including phenoxy) is 2. The van der Waals surface area contributed by atoms with Crippen LogP contribution in [0.5, 0.6) is 11.5 Å². The van der Waals surface area contributed by atoms with E-state index in [4.69, 9.17) is 9.47 Å². The standard InChI is InChI=1S/C22H31N3O3S/c1-27-20-6-5-17(14-21(20)28-2)7-10-23-22(26)24-15-18-8-11-25(12-9-18)16-19-4-3-13-29-19/h3-6,13-14,18H,7-12,15-16H2,1-2H3,(H2,23,24,26). The molecule has 2 amide bonds. The molecule has 0 atom stereocenters. The second-order valence-electron chi connectivity index (χ2n) is 7.38. The minimum absolute atomic E-state index is 0.0912. The van der Waals surface area contributed by atoms with Crippen molar-refractivity contribution < 1.29 is 14.3 Å². The molecule has 2 heterocycles. The summed E-state index contributed by atoms with van der Waals surface area (Å²) < 4.78 is 10.6. The van der Waals surface area contributed by atoms with Crippen molar-refractivity contribution >= 4 is 17.4 Å². The van der Waals surface area contributed by atoms with Gasteiger partial charge in [0.15, 0.2) is 11.5 Å². The van der Waals surface area contributed by atoms with E-state index in [1.54, 1.807) is 14.2 Å². The van der Waals surface area contributed by atoms with Gasteiger partial charge in [-0.3, -0.25) is 4.90 Å². The topological polar surface area (TPSA) is 62.8 Å². The highest BCUT2D eigenvalue weighted by Crippen LogP contribution is 2.27. The van der Waals surface area contributed by atoms with Gasteiger partial charge in [0, 0.05) is 24.5 Å². The van der Waals surface area contributed by atoms with Gasteiger partial charge in [0.25, 0.3) is 0 Å². The van der Waals surface area contributed by atoms with Crippen molar-refractivity contribution in [2.24, 2.45) is 5.92 Å². The van der Waals surface area contributed by atoms with E-state index < -0.39 is 0 Å². The Morgan fingerprint density at radius 2 is 1.93 bits per heavy atom. The fourth-order valence-corrected chi connectivity index (χ4v) is 4.37. The zero-order valence-electron chi connectivity index (χ0n) is 17.3. The lowest BCUT2D eigenvalue weighted by Gasteiger charge is -2.31. The summed E-state index contributed by atoms with van der Waals surface area (Å²) in [6.07, 6.45) is 3.02. The van der Waals surface area contributed by atoms with Crippen molar-refractivity contribution in [1.29, 1.82) is 0 Å². The zero-order valence-corrected chi connectivity index (χ0v) is 18.1. The van der Waals surface area contributed by atoms with Crippen molar-refractivity contribution in [2.45, 2.75) is 25.8 Å². The van der Waals surface area contributed by atoms with Crippen LogP contribution in [0.25, 0.3) is 0 Å². The highest BCUT2D eigenvalue weighted by Gasteiger charge is 2.19. The monoisotopic (exact) mass is 417 g/mol. The number of thiophene rings is 1. The maximum absolute atomic E-state index is 12.1. The van der Waals surface area contributed by atoms with Crippen LogP contribution in [-0.4, -0.2) is 51.3 Å². The number of rotatable bonds is 9. The fourth-order valence-electron chi connectivity index (χ4n) is 3.63. The summed E-state index contributed by atoms with van der Waals surface area (Å²) in [5, 5.41) is 8.11. The smallest absolute Gasteiger partial charge is 0.314 e. The number of amides is 2. The first-order chi connectivity index (χ1) is 14.2. The molecule has 0 bridgehead atoms. The molecule has 6 nitrogen and oxygen atoms in total. The number of carbonyl (C=O) groups excluding carboxylic acids is 1. The average Bonchev–Trinajstić information content (AvgIpc) is 3.26. The van der Waals surface area contributed by atoms with Crippen molar-refractivity contribution in [3.8, 4) is 11.5 Å². The minimum Gasteiger partial charge on any atom is -0.493 e. The van der Waals surface area contributed by atoms with E-state index >= 15 is 0 Å². The summed E-state index contributed by atoms with van der Waals surface area (Å²) in [6, 6.07) is 10.0. The van der Waals surface area contributed by atoms with E-state index in [1.807, 2.05) is 29.5 Å². The molecule has 1 saturated heterocycles. The van der Waals surface area contributed by atoms with Crippen LogP contribution >= 0.6 is 11.3 Å². The van der Waals surface area contributed by atoms with Crippen LogP contribution in [-0.2, 0) is 13.0 Å². The summed E-state index contributed by atoms with van der Waals surface area (Å²) >= 11 is 1.82. The van der Waals surface area contributed by atoms with Gasteiger partial charge < -0.3 is 20.1 Å². The van der Waals surface area contributed by atoms with E-state index in [2.05, 4.69) is 33.0 Å². The van der Waals surface area contributed by atoms with Crippen LogP contribution in [0.2, 0.25) is 0 Å². The van der Waals surface area contributed by atoms with E-state index in [-0.39, 0.29) is 6.03 Å². The number of methoxy groups -OCH3 is 2. The first-order valence-corrected chi connectivity index (χ1v) is 11.0. The molecule has 1 aromatic heterocycles. The molecule has 0 unspecified atom stereocenters. The third-order valence-electron chi connectivity index (χ3n) is 5.37. The Morgan fingerprint density at radius 3 is 2.62 bits per heavy atom. The number of piperidine rings is 1. The van der Waals surface area contributed by atoms with Gasteiger partial charge in [0.2, 0.25) is 0 Å². The van der Waals surface area contributed by atoms with E-state index in [0.717, 1.165) is 51.0 Å². The van der Waals surface area contributed by atoms with Crippen LogP contribution in [0.3, 0.4) is 0 Å². The lowest BCUT2D eigenvalue weighted by Crippen LogP contribution is -2.42. The summed E-state index contributed by atoms with van der Waals surface area (Å²) in [5.41, 5.74) is 1.10. The second kappa shape index (κ2) is 11.1. The predicted molar refractivity (Wildman–Crippen MR) is 117 cm³/mol. The van der Waals surface area contributed by atoms with Crippen LogP contribution in [0, 0.1) is 5.92 Å². The highest BCUT2D eigenvalue weighted by molar-refractivity contribution is 7.09. The molecule has 158 valence electrons. The Balaban J connectivity index is 1.30. The highest BCUT2D eigenvalue weighted by atomic mass is 32.1. The number of nitrogens with one attached hydrogen (secondary N) is 2. The van der Waals surface area contributed by atoms with Gasteiger partial charge in [-0.25, -0.2) is 4.79 Å². The Morgan fingerprint density at radius 1 is 1.14 bits per heavy atom. The number of urea groups is 1. The summed E-state index contributed by atoms with van der Waals surface area (Å²) in [6.45, 7) is 4.58. The van der Waals surface area contributed by atoms with Crippen molar-refractivity contribution in [2.75, 3.05) is 40.4 Å². The Bertz CT molecular complexity index is 759. The Labute approximate surface area is 177 Å². The molecule has 0 saturated carbocycles. The zero-order chi connectivity index (χ0) is 20.5. The third kappa shape index (κ3) is 6.65. The predicted octanol–water partition coefficient (Wildman–Crippen LogP) is 3.52. The lowest BCUT2D eigenvalue weighted by molar-refractivity contribution is 0.176. The summed E-state index contributed by atoms with van der Waals surface area (Å²) in [7, 11) is 3.25. The van der Waals surface area contributed by atoms with Gasteiger partial charge in [0.05, 0.1) is 14.2 Å². The van der Waals surface area contributed by atoms with E-state index in [0.29, 0.717) is 24.0 Å². The van der Waals surface area contributed by atoms with Gasteiger partial charge in [-0.2, -0.15) is 0 Å². The fraction of sp³-hybridized carbons (Fsp3) is 0.500. The van der Waals surface area contributed by atoms with E-state index in [1.165, 1.54) is 4.88 Å². The van der Waals surface area contributed by atoms with Crippen LogP contribution in [0.4, 0.5) is 4.79 Å². The average molecular weight is 418 g/mol.